The number of likely N-dealkylation sites (tertiary alicyclic amines) is 1. The molecular formula is C14H21N3O3S. The molecule has 1 aliphatic heterocycles. The van der Waals surface area contributed by atoms with Gasteiger partial charge in [-0.1, -0.05) is 0 Å². The number of rotatable bonds is 4. The molecule has 1 aliphatic rings. The second-order valence-electron chi connectivity index (χ2n) is 5.07. The van der Waals surface area contributed by atoms with Gasteiger partial charge in [-0.2, -0.15) is 0 Å². The lowest BCUT2D eigenvalue weighted by atomic mass is 10.1. The SMILES string of the molecule is CCOC(=O)N1CCC(NC(=O)Cc2scnc2C)CC1. The lowest BCUT2D eigenvalue weighted by Gasteiger charge is -2.31. The highest BCUT2D eigenvalue weighted by Gasteiger charge is 2.24. The standard InChI is InChI=1S/C14H21N3O3S/c1-3-20-14(19)17-6-4-11(5-7-17)16-13(18)8-12-10(2)15-9-21-12/h9,11H,3-8H2,1-2H3,(H,16,18). The minimum atomic E-state index is -0.262. The Morgan fingerprint density at radius 1 is 1.48 bits per heavy atom. The summed E-state index contributed by atoms with van der Waals surface area (Å²) in [6.45, 7) is 5.36. The second kappa shape index (κ2) is 7.40. The number of thiazole rings is 1. The average Bonchev–Trinajstić information content (AvgIpc) is 2.85. The van der Waals surface area contributed by atoms with E-state index in [9.17, 15) is 9.59 Å². The Morgan fingerprint density at radius 3 is 2.76 bits per heavy atom. The molecule has 1 saturated heterocycles. The first-order valence-electron chi connectivity index (χ1n) is 7.20. The highest BCUT2D eigenvalue weighted by atomic mass is 32.1. The van der Waals surface area contributed by atoms with Crippen molar-refractivity contribution in [2.75, 3.05) is 19.7 Å². The fraction of sp³-hybridized carbons (Fsp3) is 0.643. The molecule has 6 nitrogen and oxygen atoms in total. The van der Waals surface area contributed by atoms with E-state index in [-0.39, 0.29) is 18.0 Å². The van der Waals surface area contributed by atoms with Crippen LogP contribution in [-0.2, 0) is 16.0 Å². The van der Waals surface area contributed by atoms with Crippen molar-refractivity contribution in [1.82, 2.24) is 15.2 Å². The number of piperidine rings is 1. The number of hydrogen-bond acceptors (Lipinski definition) is 5. The molecule has 0 spiro atoms. The van der Waals surface area contributed by atoms with Gasteiger partial charge in [-0.3, -0.25) is 4.79 Å². The number of carbonyl (C=O) groups is 2. The molecular weight excluding hydrogens is 290 g/mol. The molecule has 1 aromatic heterocycles. The molecule has 7 heteroatoms. The zero-order valence-corrected chi connectivity index (χ0v) is 13.2. The van der Waals surface area contributed by atoms with Crippen molar-refractivity contribution < 1.29 is 14.3 Å². The number of ether oxygens (including phenoxy) is 1. The fourth-order valence-electron chi connectivity index (χ4n) is 2.34. The van der Waals surface area contributed by atoms with E-state index in [0.29, 0.717) is 26.1 Å². The molecule has 1 aromatic rings. The Bertz CT molecular complexity index is 495. The van der Waals surface area contributed by atoms with Gasteiger partial charge in [0.25, 0.3) is 0 Å². The molecule has 0 radical (unpaired) electrons. The number of hydrogen-bond donors (Lipinski definition) is 1. The molecule has 1 fully saturated rings. The lowest BCUT2D eigenvalue weighted by molar-refractivity contribution is -0.121. The number of nitrogens with one attached hydrogen (secondary N) is 1. The van der Waals surface area contributed by atoms with Crippen LogP contribution in [0.15, 0.2) is 5.51 Å². The molecule has 0 bridgehead atoms. The summed E-state index contributed by atoms with van der Waals surface area (Å²) in [4.78, 5) is 30.4. The molecule has 0 unspecified atom stereocenters. The van der Waals surface area contributed by atoms with Crippen LogP contribution in [0, 0.1) is 6.92 Å². The maximum absolute atomic E-state index is 12.0. The van der Waals surface area contributed by atoms with Gasteiger partial charge in [0.05, 0.1) is 24.2 Å². The number of amides is 2. The quantitative estimate of drug-likeness (QED) is 0.919. The van der Waals surface area contributed by atoms with Gasteiger partial charge >= 0.3 is 6.09 Å². The number of carbonyl (C=O) groups excluding carboxylic acids is 2. The zero-order valence-electron chi connectivity index (χ0n) is 12.4. The van der Waals surface area contributed by atoms with Crippen molar-refractivity contribution in [3.05, 3.63) is 16.1 Å². The lowest BCUT2D eigenvalue weighted by Crippen LogP contribution is -2.47. The highest BCUT2D eigenvalue weighted by molar-refractivity contribution is 7.09. The van der Waals surface area contributed by atoms with Gasteiger partial charge in [-0.15, -0.1) is 11.3 Å². The third-order valence-electron chi connectivity index (χ3n) is 3.55. The minimum Gasteiger partial charge on any atom is -0.450 e. The summed E-state index contributed by atoms with van der Waals surface area (Å²) in [5, 5.41) is 3.04. The van der Waals surface area contributed by atoms with Crippen molar-refractivity contribution in [2.24, 2.45) is 0 Å². The van der Waals surface area contributed by atoms with Crippen LogP contribution >= 0.6 is 11.3 Å². The minimum absolute atomic E-state index is 0.0249. The number of aryl methyl sites for hydroxylation is 1. The summed E-state index contributed by atoms with van der Waals surface area (Å²) < 4.78 is 4.98. The van der Waals surface area contributed by atoms with Gasteiger partial charge < -0.3 is 15.0 Å². The van der Waals surface area contributed by atoms with Gasteiger partial charge in [0, 0.05) is 24.0 Å². The van der Waals surface area contributed by atoms with Crippen LogP contribution in [0.25, 0.3) is 0 Å². The Balaban J connectivity index is 1.74. The molecule has 2 amide bonds. The van der Waals surface area contributed by atoms with E-state index in [1.807, 2.05) is 6.92 Å². The maximum atomic E-state index is 12.0. The van der Waals surface area contributed by atoms with E-state index in [0.717, 1.165) is 23.4 Å². The second-order valence-corrected chi connectivity index (χ2v) is 6.00. The van der Waals surface area contributed by atoms with Crippen molar-refractivity contribution in [1.29, 1.82) is 0 Å². The van der Waals surface area contributed by atoms with Gasteiger partial charge in [-0.05, 0) is 26.7 Å². The molecule has 2 heterocycles. The van der Waals surface area contributed by atoms with E-state index in [4.69, 9.17) is 4.74 Å². The van der Waals surface area contributed by atoms with E-state index in [1.54, 1.807) is 17.3 Å². The van der Waals surface area contributed by atoms with E-state index in [1.165, 1.54) is 11.3 Å². The normalized spacial score (nSPS) is 15.8. The van der Waals surface area contributed by atoms with Gasteiger partial charge in [-0.25, -0.2) is 9.78 Å². The molecule has 0 aliphatic carbocycles. The van der Waals surface area contributed by atoms with Crippen LogP contribution in [0.3, 0.4) is 0 Å². The third-order valence-corrected chi connectivity index (χ3v) is 4.49. The Hall–Kier alpha value is -1.63. The smallest absolute Gasteiger partial charge is 0.409 e. The Labute approximate surface area is 128 Å². The van der Waals surface area contributed by atoms with Crippen LogP contribution in [0.5, 0.6) is 0 Å². The maximum Gasteiger partial charge on any atom is 0.409 e. The summed E-state index contributed by atoms with van der Waals surface area (Å²) >= 11 is 1.51. The fourth-order valence-corrected chi connectivity index (χ4v) is 3.12. The van der Waals surface area contributed by atoms with Crippen molar-refractivity contribution in [3.8, 4) is 0 Å². The number of nitrogens with zero attached hydrogens (tertiary/aromatic N) is 2. The summed E-state index contributed by atoms with van der Waals surface area (Å²) in [6, 6.07) is 0.136. The predicted octanol–water partition coefficient (Wildman–Crippen LogP) is 1.73. The molecule has 1 N–H and O–H groups in total. The third kappa shape index (κ3) is 4.42. The van der Waals surface area contributed by atoms with E-state index in [2.05, 4.69) is 10.3 Å². The monoisotopic (exact) mass is 311 g/mol. The van der Waals surface area contributed by atoms with Crippen molar-refractivity contribution >= 4 is 23.3 Å². The first-order valence-corrected chi connectivity index (χ1v) is 8.08. The summed E-state index contributed by atoms with van der Waals surface area (Å²) in [7, 11) is 0. The largest absolute Gasteiger partial charge is 0.450 e. The van der Waals surface area contributed by atoms with Gasteiger partial charge in [0.2, 0.25) is 5.91 Å². The summed E-state index contributed by atoms with van der Waals surface area (Å²) in [5.74, 6) is 0.0249. The Kier molecular flexibility index (Phi) is 5.55. The molecule has 116 valence electrons. The van der Waals surface area contributed by atoms with Gasteiger partial charge in [0.15, 0.2) is 0 Å². The molecule has 2 rings (SSSR count). The predicted molar refractivity (Wildman–Crippen MR) is 80.3 cm³/mol. The van der Waals surface area contributed by atoms with Crippen LogP contribution in [0.4, 0.5) is 4.79 Å². The van der Waals surface area contributed by atoms with Crippen molar-refractivity contribution in [3.63, 3.8) is 0 Å². The zero-order chi connectivity index (χ0) is 15.2. The molecule has 21 heavy (non-hydrogen) atoms. The molecule has 0 saturated carbocycles. The topological polar surface area (TPSA) is 71.5 Å². The van der Waals surface area contributed by atoms with Crippen LogP contribution in [-0.4, -0.2) is 47.6 Å². The van der Waals surface area contributed by atoms with E-state index < -0.39 is 0 Å². The number of aromatic nitrogens is 1. The van der Waals surface area contributed by atoms with Crippen LogP contribution in [0.2, 0.25) is 0 Å². The van der Waals surface area contributed by atoms with Crippen molar-refractivity contribution in [2.45, 2.75) is 39.2 Å². The van der Waals surface area contributed by atoms with Gasteiger partial charge in [0.1, 0.15) is 0 Å². The van der Waals surface area contributed by atoms with Crippen LogP contribution < -0.4 is 5.32 Å². The molecule has 0 aromatic carbocycles. The highest BCUT2D eigenvalue weighted by Crippen LogP contribution is 2.14. The summed E-state index contributed by atoms with van der Waals surface area (Å²) in [5.41, 5.74) is 2.68. The van der Waals surface area contributed by atoms with Crippen LogP contribution in [0.1, 0.15) is 30.3 Å². The Morgan fingerprint density at radius 2 is 2.19 bits per heavy atom. The first kappa shape index (κ1) is 15.8. The first-order chi connectivity index (χ1) is 10.1. The average molecular weight is 311 g/mol. The summed E-state index contributed by atoms with van der Waals surface area (Å²) in [6.07, 6.45) is 1.66. The molecule has 0 atom stereocenters. The van der Waals surface area contributed by atoms with E-state index >= 15 is 0 Å².